The van der Waals surface area contributed by atoms with Crippen molar-refractivity contribution in [2.75, 3.05) is 7.05 Å². The summed E-state index contributed by atoms with van der Waals surface area (Å²) in [5, 5.41) is 2.70. The van der Waals surface area contributed by atoms with Crippen LogP contribution in [0.25, 0.3) is 0 Å². The van der Waals surface area contributed by atoms with Crippen molar-refractivity contribution in [1.29, 1.82) is 0 Å². The number of carbonyl (C=O) groups excluding carboxylic acids is 2. The van der Waals surface area contributed by atoms with Crippen LogP contribution < -0.4 is 5.32 Å². The molecule has 1 aliphatic carbocycles. The molecule has 0 unspecified atom stereocenters. The van der Waals surface area contributed by atoms with Gasteiger partial charge in [0.05, 0.1) is 0 Å². The smallest absolute Gasteiger partial charge is 0.222 e. The van der Waals surface area contributed by atoms with E-state index in [0.29, 0.717) is 17.6 Å². The number of Topliss-reactive ketones (excluding diaryl/α,β-unsaturated/α-hetero) is 1. The summed E-state index contributed by atoms with van der Waals surface area (Å²) in [6, 6.07) is 0. The molecule has 0 saturated heterocycles. The van der Waals surface area contributed by atoms with Crippen LogP contribution in [0, 0.1) is 11.8 Å². The minimum absolute atomic E-state index is 0.236. The molecule has 0 aromatic rings. The van der Waals surface area contributed by atoms with Crippen molar-refractivity contribution in [3.05, 3.63) is 0 Å². The molecule has 1 saturated carbocycles. The number of hydrogen-bond acceptors (Lipinski definition) is 2. The summed E-state index contributed by atoms with van der Waals surface area (Å²) >= 11 is 0. The molecular formula is C19H41NO2. The molecule has 0 aromatic carbocycles. The number of hydrogen-bond donors (Lipinski definition) is 1. The van der Waals surface area contributed by atoms with E-state index in [1.54, 1.807) is 14.0 Å². The molecule has 0 aliphatic heterocycles. The molecule has 3 nitrogen and oxygen atoms in total. The SMILES string of the molecule is CC.CC.CC(=O)CCC(C)C.CNC(=O)C1CCCCC1. The van der Waals surface area contributed by atoms with Crippen molar-refractivity contribution in [1.82, 2.24) is 5.32 Å². The standard InChI is InChI=1S/C8H15NO.C7H14O.2C2H6/c1-9-8(10)7-5-3-2-4-6-7;1-6(2)4-5-7(3)8;2*1-2/h7H,2-6H2,1H3,(H,9,10);6H,4-5H2,1-3H3;2*1-2H3. The van der Waals surface area contributed by atoms with Gasteiger partial charge in [-0.05, 0) is 32.1 Å². The number of nitrogens with one attached hydrogen (secondary N) is 1. The first-order valence-corrected chi connectivity index (χ1v) is 9.18. The van der Waals surface area contributed by atoms with E-state index in [1.165, 1.54) is 19.3 Å². The highest BCUT2D eigenvalue weighted by Gasteiger charge is 2.19. The molecule has 0 aromatic heterocycles. The quantitative estimate of drug-likeness (QED) is 0.757. The Morgan fingerprint density at radius 2 is 1.45 bits per heavy atom. The maximum atomic E-state index is 11.1. The summed E-state index contributed by atoms with van der Waals surface area (Å²) in [6.45, 7) is 13.9. The van der Waals surface area contributed by atoms with Crippen molar-refractivity contribution in [3.8, 4) is 0 Å². The fraction of sp³-hybridized carbons (Fsp3) is 0.895. The number of amides is 1. The Balaban J connectivity index is -0.000000272. The van der Waals surface area contributed by atoms with E-state index >= 15 is 0 Å². The zero-order valence-electron chi connectivity index (χ0n) is 16.4. The van der Waals surface area contributed by atoms with Crippen molar-refractivity contribution in [2.45, 2.75) is 93.4 Å². The number of carbonyl (C=O) groups is 2. The second-order valence-corrected chi connectivity index (χ2v) is 5.58. The third-order valence-corrected chi connectivity index (χ3v) is 3.30. The molecule has 1 rings (SSSR count). The van der Waals surface area contributed by atoms with E-state index in [0.717, 1.165) is 25.7 Å². The molecule has 1 amide bonds. The van der Waals surface area contributed by atoms with E-state index in [4.69, 9.17) is 0 Å². The van der Waals surface area contributed by atoms with Gasteiger partial charge >= 0.3 is 0 Å². The Morgan fingerprint density at radius 1 is 1.00 bits per heavy atom. The van der Waals surface area contributed by atoms with Crippen molar-refractivity contribution in [2.24, 2.45) is 11.8 Å². The zero-order chi connectivity index (χ0) is 18.0. The van der Waals surface area contributed by atoms with Crippen LogP contribution in [0.15, 0.2) is 0 Å². The Kier molecular flexibility index (Phi) is 23.9. The summed E-state index contributed by atoms with van der Waals surface area (Å²) in [6.07, 6.45) is 7.76. The fourth-order valence-corrected chi connectivity index (χ4v) is 2.06. The first kappa shape index (κ1) is 26.1. The predicted octanol–water partition coefficient (Wildman–Crippen LogP) is 5.38. The summed E-state index contributed by atoms with van der Waals surface area (Å²) < 4.78 is 0. The zero-order valence-corrected chi connectivity index (χ0v) is 16.4. The molecule has 0 radical (unpaired) electrons. The van der Waals surface area contributed by atoms with E-state index in [-0.39, 0.29) is 5.91 Å². The fourth-order valence-electron chi connectivity index (χ4n) is 2.06. The van der Waals surface area contributed by atoms with E-state index in [1.807, 2.05) is 27.7 Å². The summed E-state index contributed by atoms with van der Waals surface area (Å²) in [4.78, 5) is 21.4. The second kappa shape index (κ2) is 20.1. The highest BCUT2D eigenvalue weighted by atomic mass is 16.1. The lowest BCUT2D eigenvalue weighted by Gasteiger charge is -2.19. The van der Waals surface area contributed by atoms with Crippen LogP contribution in [0.2, 0.25) is 0 Å². The highest BCUT2D eigenvalue weighted by molar-refractivity contribution is 5.78. The Hall–Kier alpha value is -0.860. The van der Waals surface area contributed by atoms with Crippen LogP contribution in [-0.4, -0.2) is 18.7 Å². The van der Waals surface area contributed by atoms with Crippen LogP contribution in [0.4, 0.5) is 0 Å². The molecule has 0 atom stereocenters. The number of ketones is 1. The largest absolute Gasteiger partial charge is 0.359 e. The van der Waals surface area contributed by atoms with Gasteiger partial charge < -0.3 is 10.1 Å². The molecule has 3 heteroatoms. The second-order valence-electron chi connectivity index (χ2n) is 5.58. The Labute approximate surface area is 139 Å². The van der Waals surface area contributed by atoms with E-state index in [9.17, 15) is 9.59 Å². The molecule has 0 spiro atoms. The van der Waals surface area contributed by atoms with E-state index in [2.05, 4.69) is 19.2 Å². The van der Waals surface area contributed by atoms with Crippen LogP contribution in [0.5, 0.6) is 0 Å². The third-order valence-electron chi connectivity index (χ3n) is 3.30. The molecule has 1 N–H and O–H groups in total. The van der Waals surface area contributed by atoms with Gasteiger partial charge in [-0.1, -0.05) is 60.8 Å². The lowest BCUT2D eigenvalue weighted by Crippen LogP contribution is -2.28. The number of rotatable bonds is 4. The minimum atomic E-state index is 0.236. The van der Waals surface area contributed by atoms with Gasteiger partial charge in [0.1, 0.15) is 5.78 Å². The van der Waals surface area contributed by atoms with Crippen LogP contribution >= 0.6 is 0 Å². The van der Waals surface area contributed by atoms with Gasteiger partial charge in [-0.3, -0.25) is 4.79 Å². The Bertz CT molecular complexity index is 244. The summed E-state index contributed by atoms with van der Waals surface area (Å²) in [5.41, 5.74) is 0. The van der Waals surface area contributed by atoms with Crippen molar-refractivity contribution in [3.63, 3.8) is 0 Å². The van der Waals surface area contributed by atoms with Gasteiger partial charge in [-0.15, -0.1) is 0 Å². The van der Waals surface area contributed by atoms with E-state index < -0.39 is 0 Å². The molecule has 22 heavy (non-hydrogen) atoms. The third kappa shape index (κ3) is 19.1. The van der Waals surface area contributed by atoms with Crippen LogP contribution in [-0.2, 0) is 9.59 Å². The highest BCUT2D eigenvalue weighted by Crippen LogP contribution is 2.23. The molecule has 0 heterocycles. The topological polar surface area (TPSA) is 46.2 Å². The monoisotopic (exact) mass is 315 g/mol. The average molecular weight is 316 g/mol. The average Bonchev–Trinajstić information content (AvgIpc) is 2.57. The van der Waals surface area contributed by atoms with Crippen molar-refractivity contribution < 1.29 is 9.59 Å². The Morgan fingerprint density at radius 3 is 1.73 bits per heavy atom. The minimum Gasteiger partial charge on any atom is -0.359 e. The van der Waals surface area contributed by atoms with Crippen LogP contribution in [0.3, 0.4) is 0 Å². The maximum absolute atomic E-state index is 11.1. The van der Waals surface area contributed by atoms with Gasteiger partial charge in [0, 0.05) is 19.4 Å². The summed E-state index contributed by atoms with van der Waals surface area (Å²) in [5.74, 6) is 1.52. The van der Waals surface area contributed by atoms with Crippen LogP contribution in [0.1, 0.15) is 93.4 Å². The van der Waals surface area contributed by atoms with Gasteiger partial charge in [0.25, 0.3) is 0 Å². The van der Waals surface area contributed by atoms with Gasteiger partial charge in [0.2, 0.25) is 5.91 Å². The first-order chi connectivity index (χ1) is 10.5. The normalized spacial score (nSPS) is 13.5. The lowest BCUT2D eigenvalue weighted by molar-refractivity contribution is -0.125. The van der Waals surface area contributed by atoms with Gasteiger partial charge in [-0.25, -0.2) is 0 Å². The first-order valence-electron chi connectivity index (χ1n) is 9.18. The molecule has 1 aliphatic rings. The maximum Gasteiger partial charge on any atom is 0.222 e. The molecular weight excluding hydrogens is 274 g/mol. The summed E-state index contributed by atoms with van der Waals surface area (Å²) in [7, 11) is 1.72. The molecule has 1 fully saturated rings. The van der Waals surface area contributed by atoms with Gasteiger partial charge in [-0.2, -0.15) is 0 Å². The van der Waals surface area contributed by atoms with Crippen molar-refractivity contribution >= 4 is 11.7 Å². The van der Waals surface area contributed by atoms with Gasteiger partial charge in [0.15, 0.2) is 0 Å². The predicted molar refractivity (Wildman–Crippen MR) is 98.1 cm³/mol. The molecule has 0 bridgehead atoms. The molecule has 134 valence electrons. The lowest BCUT2D eigenvalue weighted by atomic mass is 9.89.